The number of rotatable bonds is 9. The number of ketones is 1. The molecule has 4 heteroatoms. The first-order valence-corrected chi connectivity index (χ1v) is 7.46. The van der Waals surface area contributed by atoms with Crippen LogP contribution in [0.4, 0.5) is 0 Å². The lowest BCUT2D eigenvalue weighted by molar-refractivity contribution is 0.0971. The Balaban J connectivity index is 3.09. The van der Waals surface area contributed by atoms with Gasteiger partial charge in [-0.2, -0.15) is 0 Å². The minimum Gasteiger partial charge on any atom is -0.493 e. The van der Waals surface area contributed by atoms with E-state index in [1.165, 1.54) is 0 Å². The molecular formula is C17H27NO3. The van der Waals surface area contributed by atoms with Crippen molar-refractivity contribution in [3.63, 3.8) is 0 Å². The maximum Gasteiger partial charge on any atom is 0.164 e. The number of benzene rings is 1. The number of carbonyl (C=O) groups excluding carboxylic acids is 1. The fourth-order valence-electron chi connectivity index (χ4n) is 2.21. The van der Waals surface area contributed by atoms with E-state index in [9.17, 15) is 4.79 Å². The molecule has 118 valence electrons. The summed E-state index contributed by atoms with van der Waals surface area (Å²) in [6.07, 6.45) is 3.56. The van der Waals surface area contributed by atoms with Gasteiger partial charge >= 0.3 is 0 Å². The van der Waals surface area contributed by atoms with Crippen molar-refractivity contribution in [1.29, 1.82) is 0 Å². The Labute approximate surface area is 128 Å². The second-order valence-corrected chi connectivity index (χ2v) is 5.44. The lowest BCUT2D eigenvalue weighted by Crippen LogP contribution is -2.17. The summed E-state index contributed by atoms with van der Waals surface area (Å²) in [4.78, 5) is 14.5. The van der Waals surface area contributed by atoms with Gasteiger partial charge in [0.2, 0.25) is 0 Å². The second-order valence-electron chi connectivity index (χ2n) is 5.44. The highest BCUT2D eigenvalue weighted by Crippen LogP contribution is 2.32. The molecule has 0 saturated carbocycles. The molecule has 21 heavy (non-hydrogen) atoms. The van der Waals surface area contributed by atoms with Gasteiger partial charge in [-0.15, -0.1) is 0 Å². The number of aryl methyl sites for hydroxylation is 1. The highest BCUT2D eigenvalue weighted by molar-refractivity contribution is 5.98. The molecule has 0 unspecified atom stereocenters. The summed E-state index contributed by atoms with van der Waals surface area (Å²) in [5.74, 6) is 1.47. The number of methoxy groups -OCH3 is 2. The van der Waals surface area contributed by atoms with E-state index in [0.717, 1.165) is 36.9 Å². The van der Waals surface area contributed by atoms with Crippen LogP contribution >= 0.6 is 0 Å². The fourth-order valence-corrected chi connectivity index (χ4v) is 2.21. The van der Waals surface area contributed by atoms with Crippen molar-refractivity contribution in [1.82, 2.24) is 4.90 Å². The first kappa shape index (κ1) is 17.5. The number of ether oxygens (including phenoxy) is 2. The SMILES string of the molecule is CCCCc1cc(OC)c(OC)cc1C(=O)CCN(C)C. The van der Waals surface area contributed by atoms with E-state index < -0.39 is 0 Å². The van der Waals surface area contributed by atoms with Crippen molar-refractivity contribution < 1.29 is 14.3 Å². The molecule has 0 aliphatic heterocycles. The van der Waals surface area contributed by atoms with Crippen molar-refractivity contribution in [3.8, 4) is 11.5 Å². The molecule has 1 aromatic rings. The predicted molar refractivity (Wildman–Crippen MR) is 85.7 cm³/mol. The fraction of sp³-hybridized carbons (Fsp3) is 0.588. The van der Waals surface area contributed by atoms with E-state index in [0.29, 0.717) is 17.9 Å². The quantitative estimate of drug-likeness (QED) is 0.656. The van der Waals surface area contributed by atoms with Crippen LogP contribution in [0.5, 0.6) is 11.5 Å². The van der Waals surface area contributed by atoms with Gasteiger partial charge in [-0.1, -0.05) is 13.3 Å². The Morgan fingerprint density at radius 2 is 1.76 bits per heavy atom. The molecule has 0 amide bonds. The Morgan fingerprint density at radius 3 is 2.29 bits per heavy atom. The number of hydrogen-bond acceptors (Lipinski definition) is 4. The van der Waals surface area contributed by atoms with E-state index in [-0.39, 0.29) is 5.78 Å². The van der Waals surface area contributed by atoms with Crippen LogP contribution in [0, 0.1) is 0 Å². The van der Waals surface area contributed by atoms with Crippen molar-refractivity contribution in [2.45, 2.75) is 32.6 Å². The Hall–Kier alpha value is -1.55. The number of unbranched alkanes of at least 4 members (excludes halogenated alkanes) is 1. The topological polar surface area (TPSA) is 38.8 Å². The van der Waals surface area contributed by atoms with E-state index in [1.54, 1.807) is 14.2 Å². The molecule has 0 radical (unpaired) electrons. The number of carbonyl (C=O) groups is 1. The summed E-state index contributed by atoms with van der Waals surface area (Å²) in [5.41, 5.74) is 1.82. The summed E-state index contributed by atoms with van der Waals surface area (Å²) in [7, 11) is 7.16. The van der Waals surface area contributed by atoms with Crippen molar-refractivity contribution in [2.75, 3.05) is 34.9 Å². The summed E-state index contributed by atoms with van der Waals surface area (Å²) in [6.45, 7) is 2.90. The average Bonchev–Trinajstić information content (AvgIpc) is 2.49. The van der Waals surface area contributed by atoms with Gasteiger partial charge in [0.1, 0.15) is 0 Å². The molecule has 1 aromatic carbocycles. The molecule has 0 aliphatic carbocycles. The first-order chi connectivity index (χ1) is 10.0. The zero-order chi connectivity index (χ0) is 15.8. The van der Waals surface area contributed by atoms with Gasteiger partial charge in [0.25, 0.3) is 0 Å². The van der Waals surface area contributed by atoms with Gasteiger partial charge in [0.05, 0.1) is 14.2 Å². The standard InChI is InChI=1S/C17H27NO3/c1-6-7-8-13-11-16(20-4)17(21-5)12-14(13)15(19)9-10-18(2)3/h11-12H,6-10H2,1-5H3. The largest absolute Gasteiger partial charge is 0.493 e. The van der Waals surface area contributed by atoms with Crippen LogP contribution in [0.2, 0.25) is 0 Å². The van der Waals surface area contributed by atoms with Crippen LogP contribution in [0.15, 0.2) is 12.1 Å². The number of nitrogens with zero attached hydrogens (tertiary/aromatic N) is 1. The van der Waals surface area contributed by atoms with Crippen molar-refractivity contribution in [3.05, 3.63) is 23.3 Å². The molecule has 0 aromatic heterocycles. The van der Waals surface area contributed by atoms with Gasteiger partial charge in [0, 0.05) is 18.5 Å². The van der Waals surface area contributed by atoms with E-state index in [1.807, 2.05) is 31.1 Å². The highest BCUT2D eigenvalue weighted by atomic mass is 16.5. The van der Waals surface area contributed by atoms with E-state index >= 15 is 0 Å². The smallest absolute Gasteiger partial charge is 0.164 e. The zero-order valence-electron chi connectivity index (χ0n) is 13.9. The van der Waals surface area contributed by atoms with Crippen LogP contribution in [0.3, 0.4) is 0 Å². The normalized spacial score (nSPS) is 10.8. The van der Waals surface area contributed by atoms with Crippen LogP contribution in [0.25, 0.3) is 0 Å². The van der Waals surface area contributed by atoms with Crippen LogP contribution < -0.4 is 9.47 Å². The van der Waals surface area contributed by atoms with Gasteiger partial charge in [-0.25, -0.2) is 0 Å². The molecule has 0 fully saturated rings. The molecule has 0 saturated heterocycles. The van der Waals surface area contributed by atoms with Gasteiger partial charge in [0.15, 0.2) is 17.3 Å². The minimum absolute atomic E-state index is 0.163. The molecular weight excluding hydrogens is 266 g/mol. The Kier molecular flexibility index (Phi) is 7.23. The van der Waals surface area contributed by atoms with E-state index in [2.05, 4.69) is 6.92 Å². The van der Waals surface area contributed by atoms with Crippen LogP contribution in [-0.2, 0) is 6.42 Å². The van der Waals surface area contributed by atoms with Crippen molar-refractivity contribution >= 4 is 5.78 Å². The van der Waals surface area contributed by atoms with Crippen LogP contribution in [-0.4, -0.2) is 45.5 Å². The number of hydrogen-bond donors (Lipinski definition) is 0. The van der Waals surface area contributed by atoms with Gasteiger partial charge in [-0.05, 0) is 44.6 Å². The molecule has 0 heterocycles. The maximum atomic E-state index is 12.5. The zero-order valence-corrected chi connectivity index (χ0v) is 13.9. The highest BCUT2D eigenvalue weighted by Gasteiger charge is 2.16. The lowest BCUT2D eigenvalue weighted by atomic mass is 9.96. The molecule has 1 rings (SSSR count). The minimum atomic E-state index is 0.163. The molecule has 0 bridgehead atoms. The monoisotopic (exact) mass is 293 g/mol. The number of Topliss-reactive ketones (excluding diaryl/α,β-unsaturated/α-hetero) is 1. The maximum absolute atomic E-state index is 12.5. The molecule has 0 N–H and O–H groups in total. The summed E-state index contributed by atoms with van der Waals surface area (Å²) >= 11 is 0. The van der Waals surface area contributed by atoms with Gasteiger partial charge < -0.3 is 14.4 Å². The van der Waals surface area contributed by atoms with E-state index in [4.69, 9.17) is 9.47 Å². The molecule has 0 atom stereocenters. The predicted octanol–water partition coefficient (Wildman–Crippen LogP) is 3.18. The first-order valence-electron chi connectivity index (χ1n) is 7.46. The third kappa shape index (κ3) is 5.05. The van der Waals surface area contributed by atoms with Crippen LogP contribution in [0.1, 0.15) is 42.1 Å². The van der Waals surface area contributed by atoms with Gasteiger partial charge in [-0.3, -0.25) is 4.79 Å². The third-order valence-corrected chi connectivity index (χ3v) is 3.50. The third-order valence-electron chi connectivity index (χ3n) is 3.50. The average molecular weight is 293 g/mol. The lowest BCUT2D eigenvalue weighted by Gasteiger charge is -2.15. The second kappa shape index (κ2) is 8.67. The summed E-state index contributed by atoms with van der Waals surface area (Å²) < 4.78 is 10.7. The Morgan fingerprint density at radius 1 is 1.14 bits per heavy atom. The summed E-state index contributed by atoms with van der Waals surface area (Å²) in [5, 5.41) is 0. The molecule has 0 spiro atoms. The molecule has 4 nitrogen and oxygen atoms in total. The van der Waals surface area contributed by atoms with Crippen molar-refractivity contribution in [2.24, 2.45) is 0 Å². The molecule has 0 aliphatic rings. The summed E-state index contributed by atoms with van der Waals surface area (Å²) in [6, 6.07) is 3.76. The Bertz CT molecular complexity index is 469.